The minimum Gasteiger partial charge on any atom is -0.506 e. The van der Waals surface area contributed by atoms with Crippen molar-refractivity contribution in [3.63, 3.8) is 0 Å². The van der Waals surface area contributed by atoms with Crippen LogP contribution >= 0.6 is 11.6 Å². The maximum atomic E-state index is 9.47. The Kier molecular flexibility index (Phi) is 2.52. The van der Waals surface area contributed by atoms with Crippen LogP contribution in [0.4, 0.5) is 0 Å². The van der Waals surface area contributed by atoms with Gasteiger partial charge in [0, 0.05) is 17.5 Å². The molecule has 0 saturated heterocycles. The molecule has 82 valence electrons. The zero-order valence-electron chi connectivity index (χ0n) is 8.59. The molecule has 3 nitrogen and oxygen atoms in total. The summed E-state index contributed by atoms with van der Waals surface area (Å²) in [5.41, 5.74) is 6.78. The van der Waals surface area contributed by atoms with Crippen LogP contribution in [0.3, 0.4) is 0 Å². The molecule has 0 spiro atoms. The molecule has 1 aliphatic rings. The zero-order valence-corrected chi connectivity index (χ0v) is 9.34. The first-order valence-corrected chi connectivity index (χ1v) is 5.28. The van der Waals surface area contributed by atoms with Gasteiger partial charge in [-0.05, 0) is 18.9 Å². The number of hydrogen-bond donors (Lipinski definition) is 2. The van der Waals surface area contributed by atoms with Crippen LogP contribution in [0.2, 0.25) is 5.02 Å². The van der Waals surface area contributed by atoms with Crippen molar-refractivity contribution in [1.82, 2.24) is 0 Å². The molecule has 3 N–H and O–H groups in total. The molecule has 1 aromatic rings. The second kappa shape index (κ2) is 3.58. The standard InChI is InChI=1S/C11H14ClNO2/c1-15-10-7(11(6-13)4-5-11)2-3-8(14)9(10)12/h2-3,14H,4-6,13H2,1H3. The lowest BCUT2D eigenvalue weighted by atomic mass is 9.95. The van der Waals surface area contributed by atoms with Crippen LogP contribution in [0.1, 0.15) is 18.4 Å². The van der Waals surface area contributed by atoms with Gasteiger partial charge in [-0.15, -0.1) is 0 Å². The Morgan fingerprint density at radius 1 is 1.53 bits per heavy atom. The van der Waals surface area contributed by atoms with Crippen molar-refractivity contribution in [3.05, 3.63) is 22.7 Å². The topological polar surface area (TPSA) is 55.5 Å². The minimum atomic E-state index is 0.0166. The predicted molar refractivity (Wildman–Crippen MR) is 59.6 cm³/mol. The van der Waals surface area contributed by atoms with Crippen LogP contribution < -0.4 is 10.5 Å². The number of rotatable bonds is 3. The number of ether oxygens (including phenoxy) is 1. The van der Waals surface area contributed by atoms with E-state index in [1.54, 1.807) is 13.2 Å². The fourth-order valence-corrected chi connectivity index (χ4v) is 2.14. The summed E-state index contributed by atoms with van der Waals surface area (Å²) in [6.07, 6.45) is 2.11. The summed E-state index contributed by atoms with van der Waals surface area (Å²) in [7, 11) is 1.55. The van der Waals surface area contributed by atoms with E-state index in [1.807, 2.05) is 6.07 Å². The maximum absolute atomic E-state index is 9.47. The first-order chi connectivity index (χ1) is 7.14. The summed E-state index contributed by atoms with van der Waals surface area (Å²) in [6.45, 7) is 0.588. The number of methoxy groups -OCH3 is 1. The molecular weight excluding hydrogens is 214 g/mol. The Morgan fingerprint density at radius 3 is 2.67 bits per heavy atom. The third-order valence-electron chi connectivity index (χ3n) is 3.10. The molecule has 0 heterocycles. The summed E-state index contributed by atoms with van der Waals surface area (Å²) in [5.74, 6) is 0.602. The van der Waals surface area contributed by atoms with Gasteiger partial charge in [0.15, 0.2) is 0 Å². The molecule has 15 heavy (non-hydrogen) atoms. The summed E-state index contributed by atoms with van der Waals surface area (Å²) in [5, 5.41) is 9.74. The van der Waals surface area contributed by atoms with E-state index in [1.165, 1.54) is 0 Å². The number of hydrogen-bond acceptors (Lipinski definition) is 3. The molecule has 0 aliphatic heterocycles. The van der Waals surface area contributed by atoms with Gasteiger partial charge in [0.25, 0.3) is 0 Å². The highest BCUT2D eigenvalue weighted by Crippen LogP contribution is 2.53. The monoisotopic (exact) mass is 227 g/mol. The molecule has 1 fully saturated rings. The second-order valence-corrected chi connectivity index (χ2v) is 4.34. The molecule has 0 radical (unpaired) electrons. The second-order valence-electron chi connectivity index (χ2n) is 3.96. The molecule has 0 unspecified atom stereocenters. The number of halogens is 1. The highest BCUT2D eigenvalue weighted by molar-refractivity contribution is 6.33. The number of benzene rings is 1. The Bertz CT molecular complexity index is 388. The summed E-state index contributed by atoms with van der Waals surface area (Å²) >= 11 is 5.97. The minimum absolute atomic E-state index is 0.0166. The van der Waals surface area contributed by atoms with Crippen molar-refractivity contribution >= 4 is 11.6 Å². The number of aromatic hydroxyl groups is 1. The number of phenolic OH excluding ortho intramolecular Hbond substituents is 1. The van der Waals surface area contributed by atoms with Crippen LogP contribution in [0.5, 0.6) is 11.5 Å². The van der Waals surface area contributed by atoms with Crippen LogP contribution in [0.15, 0.2) is 12.1 Å². The lowest BCUT2D eigenvalue weighted by molar-refractivity contribution is 0.398. The van der Waals surface area contributed by atoms with E-state index >= 15 is 0 Å². The van der Waals surface area contributed by atoms with E-state index in [2.05, 4.69) is 0 Å². The van der Waals surface area contributed by atoms with Gasteiger partial charge in [-0.1, -0.05) is 17.7 Å². The third kappa shape index (κ3) is 1.56. The van der Waals surface area contributed by atoms with Crippen molar-refractivity contribution in [2.75, 3.05) is 13.7 Å². The van der Waals surface area contributed by atoms with E-state index in [4.69, 9.17) is 22.1 Å². The molecule has 1 saturated carbocycles. The van der Waals surface area contributed by atoms with Gasteiger partial charge in [-0.3, -0.25) is 0 Å². The molecule has 1 aliphatic carbocycles. The van der Waals surface area contributed by atoms with Crippen molar-refractivity contribution in [2.24, 2.45) is 5.73 Å². The molecule has 0 amide bonds. The maximum Gasteiger partial charge on any atom is 0.145 e. The fraction of sp³-hybridized carbons (Fsp3) is 0.455. The van der Waals surface area contributed by atoms with Gasteiger partial charge < -0.3 is 15.6 Å². The van der Waals surface area contributed by atoms with Gasteiger partial charge in [0.1, 0.15) is 16.5 Å². The van der Waals surface area contributed by atoms with Crippen LogP contribution in [0, 0.1) is 0 Å². The van der Waals surface area contributed by atoms with Gasteiger partial charge in [-0.25, -0.2) is 0 Å². The zero-order chi connectivity index (χ0) is 11.1. The largest absolute Gasteiger partial charge is 0.506 e. The van der Waals surface area contributed by atoms with E-state index in [0.717, 1.165) is 18.4 Å². The SMILES string of the molecule is COc1c(C2(CN)CC2)ccc(O)c1Cl. The van der Waals surface area contributed by atoms with Gasteiger partial charge >= 0.3 is 0 Å². The van der Waals surface area contributed by atoms with Gasteiger partial charge in [0.2, 0.25) is 0 Å². The average Bonchev–Trinajstić information content (AvgIpc) is 3.02. The summed E-state index contributed by atoms with van der Waals surface area (Å²) in [4.78, 5) is 0. The van der Waals surface area contributed by atoms with Crippen LogP contribution in [-0.2, 0) is 5.41 Å². The van der Waals surface area contributed by atoms with E-state index in [0.29, 0.717) is 12.3 Å². The van der Waals surface area contributed by atoms with E-state index in [9.17, 15) is 5.11 Å². The Hall–Kier alpha value is -0.930. The van der Waals surface area contributed by atoms with E-state index in [-0.39, 0.29) is 16.2 Å². The first-order valence-electron chi connectivity index (χ1n) is 4.90. The fourth-order valence-electron chi connectivity index (χ4n) is 1.90. The van der Waals surface area contributed by atoms with Gasteiger partial charge in [-0.2, -0.15) is 0 Å². The van der Waals surface area contributed by atoms with Crippen molar-refractivity contribution in [3.8, 4) is 11.5 Å². The number of nitrogens with two attached hydrogens (primary N) is 1. The highest BCUT2D eigenvalue weighted by atomic mass is 35.5. The van der Waals surface area contributed by atoms with Crippen molar-refractivity contribution < 1.29 is 9.84 Å². The molecule has 0 aromatic heterocycles. The molecule has 4 heteroatoms. The van der Waals surface area contributed by atoms with Crippen LogP contribution in [0.25, 0.3) is 0 Å². The van der Waals surface area contributed by atoms with Crippen molar-refractivity contribution in [2.45, 2.75) is 18.3 Å². The lowest BCUT2D eigenvalue weighted by Gasteiger charge is -2.18. The lowest BCUT2D eigenvalue weighted by Crippen LogP contribution is -2.20. The Labute approximate surface area is 93.8 Å². The molecule has 2 rings (SSSR count). The Morgan fingerprint density at radius 2 is 2.20 bits per heavy atom. The van der Waals surface area contributed by atoms with Crippen molar-refractivity contribution in [1.29, 1.82) is 0 Å². The molecule has 0 atom stereocenters. The van der Waals surface area contributed by atoms with Crippen LogP contribution in [-0.4, -0.2) is 18.8 Å². The summed E-state index contributed by atoms with van der Waals surface area (Å²) < 4.78 is 5.24. The van der Waals surface area contributed by atoms with Gasteiger partial charge in [0.05, 0.1) is 7.11 Å². The molecule has 0 bridgehead atoms. The molecular formula is C11H14ClNO2. The quantitative estimate of drug-likeness (QED) is 0.831. The third-order valence-corrected chi connectivity index (χ3v) is 3.46. The Balaban J connectivity index is 2.52. The van der Waals surface area contributed by atoms with E-state index < -0.39 is 0 Å². The number of phenols is 1. The smallest absolute Gasteiger partial charge is 0.145 e. The normalized spacial score (nSPS) is 17.5. The highest BCUT2D eigenvalue weighted by Gasteiger charge is 2.45. The predicted octanol–water partition coefficient (Wildman–Crippen LogP) is 2.04. The summed E-state index contributed by atoms with van der Waals surface area (Å²) in [6, 6.07) is 3.44. The average molecular weight is 228 g/mol. The first kappa shape index (κ1) is 10.6. The molecule has 1 aromatic carbocycles.